The van der Waals surface area contributed by atoms with E-state index in [4.69, 9.17) is 0 Å². The molecule has 2 aromatic heterocycles. The highest BCUT2D eigenvalue weighted by atomic mass is 32.1. The van der Waals surface area contributed by atoms with Gasteiger partial charge < -0.3 is 10.4 Å². The van der Waals surface area contributed by atoms with Gasteiger partial charge in [-0.1, -0.05) is 19.3 Å². The average Bonchev–Trinajstić information content (AvgIpc) is 2.95. The molecule has 2 N–H and O–H groups in total. The van der Waals surface area contributed by atoms with Gasteiger partial charge in [-0.2, -0.15) is 0 Å². The topological polar surface area (TPSA) is 58.0 Å². The van der Waals surface area contributed by atoms with Crippen LogP contribution in [0.5, 0.6) is 0 Å². The van der Waals surface area contributed by atoms with Gasteiger partial charge in [0.25, 0.3) is 0 Å². The lowest BCUT2D eigenvalue weighted by Crippen LogP contribution is -2.35. The SMILES string of the molecule is OCC1(CNc2ncnc3ccsc23)CCCCC1. The predicted octanol–water partition coefficient (Wildman–Crippen LogP) is 3.05. The minimum atomic E-state index is 0.0345. The number of aliphatic hydroxyl groups is 1. The highest BCUT2D eigenvalue weighted by Crippen LogP contribution is 2.36. The van der Waals surface area contributed by atoms with Gasteiger partial charge in [-0.15, -0.1) is 11.3 Å². The van der Waals surface area contributed by atoms with Crippen LogP contribution in [-0.4, -0.2) is 28.2 Å². The summed E-state index contributed by atoms with van der Waals surface area (Å²) >= 11 is 1.66. The Morgan fingerprint density at radius 2 is 2.11 bits per heavy atom. The maximum absolute atomic E-state index is 9.72. The van der Waals surface area contributed by atoms with Crippen molar-refractivity contribution in [2.75, 3.05) is 18.5 Å². The Morgan fingerprint density at radius 1 is 1.26 bits per heavy atom. The van der Waals surface area contributed by atoms with Gasteiger partial charge in [-0.05, 0) is 24.3 Å². The van der Waals surface area contributed by atoms with Crippen molar-refractivity contribution in [2.45, 2.75) is 32.1 Å². The molecule has 0 saturated heterocycles. The lowest BCUT2D eigenvalue weighted by Gasteiger charge is -2.35. The second kappa shape index (κ2) is 5.43. The number of fused-ring (bicyclic) bond motifs is 1. The van der Waals surface area contributed by atoms with Crippen LogP contribution >= 0.6 is 11.3 Å². The summed E-state index contributed by atoms with van der Waals surface area (Å²) in [5.74, 6) is 0.901. The van der Waals surface area contributed by atoms with E-state index in [1.165, 1.54) is 19.3 Å². The zero-order chi connectivity index (χ0) is 13.1. The van der Waals surface area contributed by atoms with Gasteiger partial charge in [0, 0.05) is 12.0 Å². The Bertz CT molecular complexity index is 548. The molecular formula is C14H19N3OS. The molecule has 5 heteroatoms. The first-order valence-electron chi connectivity index (χ1n) is 6.86. The number of hydrogen-bond donors (Lipinski definition) is 2. The van der Waals surface area contributed by atoms with E-state index in [1.807, 2.05) is 11.4 Å². The monoisotopic (exact) mass is 277 g/mol. The lowest BCUT2D eigenvalue weighted by atomic mass is 9.74. The highest BCUT2D eigenvalue weighted by molar-refractivity contribution is 7.17. The van der Waals surface area contributed by atoms with Crippen molar-refractivity contribution in [3.63, 3.8) is 0 Å². The molecule has 0 aliphatic heterocycles. The van der Waals surface area contributed by atoms with E-state index in [9.17, 15) is 5.11 Å². The fourth-order valence-corrected chi connectivity index (χ4v) is 3.69. The van der Waals surface area contributed by atoms with Crippen molar-refractivity contribution in [1.82, 2.24) is 9.97 Å². The van der Waals surface area contributed by atoms with Crippen LogP contribution < -0.4 is 5.32 Å². The number of nitrogens with zero attached hydrogens (tertiary/aromatic N) is 2. The van der Waals surface area contributed by atoms with E-state index >= 15 is 0 Å². The van der Waals surface area contributed by atoms with Gasteiger partial charge in [-0.25, -0.2) is 9.97 Å². The van der Waals surface area contributed by atoms with Crippen molar-refractivity contribution in [2.24, 2.45) is 5.41 Å². The van der Waals surface area contributed by atoms with Crippen LogP contribution in [-0.2, 0) is 0 Å². The summed E-state index contributed by atoms with van der Waals surface area (Å²) < 4.78 is 1.10. The van der Waals surface area contributed by atoms with E-state index in [0.717, 1.165) is 35.4 Å². The quantitative estimate of drug-likeness (QED) is 0.902. The van der Waals surface area contributed by atoms with Crippen LogP contribution in [0.4, 0.5) is 5.82 Å². The Morgan fingerprint density at radius 3 is 2.89 bits per heavy atom. The van der Waals surface area contributed by atoms with Gasteiger partial charge in [0.15, 0.2) is 0 Å². The second-order valence-corrected chi connectivity index (χ2v) is 6.35. The molecule has 3 rings (SSSR count). The normalized spacial score (nSPS) is 18.6. The minimum Gasteiger partial charge on any atom is -0.396 e. The van der Waals surface area contributed by atoms with Crippen molar-refractivity contribution in [3.8, 4) is 0 Å². The summed E-state index contributed by atoms with van der Waals surface area (Å²) in [5, 5.41) is 15.2. The number of thiophene rings is 1. The molecule has 0 aromatic carbocycles. The number of hydrogen-bond acceptors (Lipinski definition) is 5. The van der Waals surface area contributed by atoms with E-state index in [2.05, 4.69) is 15.3 Å². The Labute approximate surface area is 116 Å². The van der Waals surface area contributed by atoms with Crippen LogP contribution in [0.2, 0.25) is 0 Å². The first kappa shape index (κ1) is 12.8. The first-order chi connectivity index (χ1) is 9.33. The number of aliphatic hydroxyl groups excluding tert-OH is 1. The molecule has 0 spiro atoms. The van der Waals surface area contributed by atoms with Crippen LogP contribution in [0, 0.1) is 5.41 Å². The van der Waals surface area contributed by atoms with Gasteiger partial charge in [-0.3, -0.25) is 0 Å². The lowest BCUT2D eigenvalue weighted by molar-refractivity contribution is 0.0943. The largest absolute Gasteiger partial charge is 0.396 e. The number of nitrogens with one attached hydrogen (secondary N) is 1. The van der Waals surface area contributed by atoms with Crippen LogP contribution in [0.3, 0.4) is 0 Å². The van der Waals surface area contributed by atoms with Gasteiger partial charge in [0.2, 0.25) is 0 Å². The molecule has 0 unspecified atom stereocenters. The molecular weight excluding hydrogens is 258 g/mol. The molecule has 1 fully saturated rings. The molecule has 1 aliphatic rings. The molecule has 1 saturated carbocycles. The molecule has 4 nitrogen and oxygen atoms in total. The minimum absolute atomic E-state index is 0.0345. The van der Waals surface area contributed by atoms with Gasteiger partial charge in [0.05, 0.1) is 16.8 Å². The number of aromatic nitrogens is 2. The molecule has 102 valence electrons. The molecule has 19 heavy (non-hydrogen) atoms. The van der Waals surface area contributed by atoms with E-state index in [0.29, 0.717) is 0 Å². The third kappa shape index (κ3) is 2.58. The number of anilines is 1. The molecule has 1 aliphatic carbocycles. The van der Waals surface area contributed by atoms with Crippen LogP contribution in [0.1, 0.15) is 32.1 Å². The van der Waals surface area contributed by atoms with Crippen LogP contribution in [0.15, 0.2) is 17.8 Å². The first-order valence-corrected chi connectivity index (χ1v) is 7.74. The molecule has 0 bridgehead atoms. The maximum atomic E-state index is 9.72. The Kier molecular flexibility index (Phi) is 3.66. The fourth-order valence-electron chi connectivity index (χ4n) is 2.88. The summed E-state index contributed by atoms with van der Waals surface area (Å²) in [6.07, 6.45) is 7.56. The number of rotatable bonds is 4. The maximum Gasteiger partial charge on any atom is 0.147 e. The smallest absolute Gasteiger partial charge is 0.147 e. The van der Waals surface area contributed by atoms with Crippen molar-refractivity contribution in [1.29, 1.82) is 0 Å². The van der Waals surface area contributed by atoms with Gasteiger partial charge in [0.1, 0.15) is 12.1 Å². The zero-order valence-electron chi connectivity index (χ0n) is 10.9. The second-order valence-electron chi connectivity index (χ2n) is 5.43. The van der Waals surface area contributed by atoms with Gasteiger partial charge >= 0.3 is 0 Å². The summed E-state index contributed by atoms with van der Waals surface area (Å²) in [6.45, 7) is 1.06. The molecule has 0 radical (unpaired) electrons. The van der Waals surface area contributed by atoms with Crippen molar-refractivity contribution in [3.05, 3.63) is 17.8 Å². The summed E-state index contributed by atoms with van der Waals surface area (Å²) in [4.78, 5) is 8.58. The fraction of sp³-hybridized carbons (Fsp3) is 0.571. The summed E-state index contributed by atoms with van der Waals surface area (Å²) in [5.41, 5.74) is 1.02. The third-order valence-corrected chi connectivity index (χ3v) is 5.03. The molecule has 2 aromatic rings. The van der Waals surface area contributed by atoms with Crippen LogP contribution in [0.25, 0.3) is 10.2 Å². The van der Waals surface area contributed by atoms with Crippen molar-refractivity contribution >= 4 is 27.4 Å². The average molecular weight is 277 g/mol. The van der Waals surface area contributed by atoms with E-state index in [-0.39, 0.29) is 12.0 Å². The molecule has 0 amide bonds. The standard InChI is InChI=1S/C14H19N3OS/c18-9-14(5-2-1-3-6-14)8-15-13-12-11(4-7-19-12)16-10-17-13/h4,7,10,18H,1-3,5-6,8-9H2,(H,15,16,17). The molecule has 0 atom stereocenters. The zero-order valence-corrected chi connectivity index (χ0v) is 11.7. The van der Waals surface area contributed by atoms with E-state index < -0.39 is 0 Å². The summed E-state index contributed by atoms with van der Waals surface area (Å²) in [6, 6.07) is 2.01. The third-order valence-electron chi connectivity index (χ3n) is 4.12. The summed E-state index contributed by atoms with van der Waals surface area (Å²) in [7, 11) is 0. The predicted molar refractivity (Wildman–Crippen MR) is 78.5 cm³/mol. The molecule has 2 heterocycles. The Balaban J connectivity index is 1.76. The Hall–Kier alpha value is -1.20. The highest BCUT2D eigenvalue weighted by Gasteiger charge is 2.31. The van der Waals surface area contributed by atoms with E-state index in [1.54, 1.807) is 17.7 Å². The van der Waals surface area contributed by atoms with Crippen molar-refractivity contribution < 1.29 is 5.11 Å².